The van der Waals surface area contributed by atoms with Gasteiger partial charge in [0, 0.05) is 38.6 Å². The van der Waals surface area contributed by atoms with E-state index in [0.29, 0.717) is 11.9 Å². The van der Waals surface area contributed by atoms with Gasteiger partial charge < -0.3 is 5.32 Å². The van der Waals surface area contributed by atoms with Crippen molar-refractivity contribution in [1.29, 1.82) is 0 Å². The van der Waals surface area contributed by atoms with E-state index < -0.39 is 0 Å². The molecule has 1 atom stereocenters. The maximum absolute atomic E-state index is 4.77. The third-order valence-electron chi connectivity index (χ3n) is 3.80. The fourth-order valence-corrected chi connectivity index (χ4v) is 3.87. The second-order valence-electron chi connectivity index (χ2n) is 5.17. The molecule has 0 amide bonds. The maximum Gasteiger partial charge on any atom is 0.179 e. The van der Waals surface area contributed by atoms with Gasteiger partial charge in [-0.1, -0.05) is 6.42 Å². The van der Waals surface area contributed by atoms with Crippen molar-refractivity contribution in [1.82, 2.24) is 20.3 Å². The largest absolute Gasteiger partial charge is 0.313 e. The van der Waals surface area contributed by atoms with E-state index in [2.05, 4.69) is 47.1 Å². The molecule has 2 aromatic rings. The first-order valence-electron chi connectivity index (χ1n) is 7.03. The molecular weight excluding hydrogens is 396 g/mol. The van der Waals surface area contributed by atoms with Crippen molar-refractivity contribution >= 4 is 31.9 Å². The predicted molar refractivity (Wildman–Crippen MR) is 90.0 cm³/mol. The number of aromatic nitrogens is 3. The SMILES string of the molecule is CNC1CCCCc2nc(-c3ncc(Br)cc3Br)ncc21. The van der Waals surface area contributed by atoms with Crippen LogP contribution < -0.4 is 5.32 Å². The standard InChI is InChI=1S/C15H16Br2N4/c1-18-12-4-2-3-5-13-10(12)8-20-15(21-13)14-11(17)6-9(16)7-19-14/h6-8,12,18H,2-5H2,1H3. The van der Waals surface area contributed by atoms with Gasteiger partial charge in [0.2, 0.25) is 0 Å². The van der Waals surface area contributed by atoms with Gasteiger partial charge in [0.15, 0.2) is 5.82 Å². The first-order chi connectivity index (χ1) is 10.2. The highest BCUT2D eigenvalue weighted by atomic mass is 79.9. The van der Waals surface area contributed by atoms with Crippen molar-refractivity contribution in [2.45, 2.75) is 31.7 Å². The summed E-state index contributed by atoms with van der Waals surface area (Å²) in [6.45, 7) is 0. The molecule has 0 radical (unpaired) electrons. The molecule has 3 rings (SSSR count). The summed E-state index contributed by atoms with van der Waals surface area (Å²) < 4.78 is 1.83. The Hall–Kier alpha value is -0.850. The van der Waals surface area contributed by atoms with Crippen LogP contribution in [-0.2, 0) is 6.42 Å². The highest BCUT2D eigenvalue weighted by Gasteiger charge is 2.20. The first-order valence-corrected chi connectivity index (χ1v) is 8.62. The molecule has 0 aromatic carbocycles. The lowest BCUT2D eigenvalue weighted by atomic mass is 10.1. The second kappa shape index (κ2) is 6.50. The van der Waals surface area contributed by atoms with Crippen molar-refractivity contribution in [3.8, 4) is 11.5 Å². The van der Waals surface area contributed by atoms with Crippen molar-refractivity contribution in [2.24, 2.45) is 0 Å². The molecule has 0 saturated carbocycles. The van der Waals surface area contributed by atoms with Gasteiger partial charge in [-0.15, -0.1) is 0 Å². The van der Waals surface area contributed by atoms with Crippen LogP contribution >= 0.6 is 31.9 Å². The number of nitrogens with zero attached hydrogens (tertiary/aromatic N) is 3. The Morgan fingerprint density at radius 1 is 1.19 bits per heavy atom. The summed E-state index contributed by atoms with van der Waals surface area (Å²) >= 11 is 6.95. The minimum atomic E-state index is 0.359. The smallest absolute Gasteiger partial charge is 0.179 e. The Bertz CT molecular complexity index is 660. The van der Waals surface area contributed by atoms with Crippen molar-refractivity contribution < 1.29 is 0 Å². The van der Waals surface area contributed by atoms with Crippen LogP contribution in [0.25, 0.3) is 11.5 Å². The summed E-state index contributed by atoms with van der Waals surface area (Å²) in [5, 5.41) is 3.37. The molecular formula is C15H16Br2N4. The van der Waals surface area contributed by atoms with E-state index in [1.807, 2.05) is 19.3 Å². The lowest BCUT2D eigenvalue weighted by Crippen LogP contribution is -2.17. The third kappa shape index (κ3) is 3.17. The molecule has 0 saturated heterocycles. The Balaban J connectivity index is 2.04. The van der Waals surface area contributed by atoms with Gasteiger partial charge in [-0.05, 0) is 64.2 Å². The van der Waals surface area contributed by atoms with Crippen LogP contribution in [0.15, 0.2) is 27.4 Å². The summed E-state index contributed by atoms with van der Waals surface area (Å²) in [7, 11) is 2.00. The van der Waals surface area contributed by atoms with Crippen LogP contribution in [0.3, 0.4) is 0 Å². The molecule has 6 heteroatoms. The lowest BCUT2D eigenvalue weighted by Gasteiger charge is -2.16. The second-order valence-corrected chi connectivity index (χ2v) is 6.94. The number of hydrogen-bond acceptors (Lipinski definition) is 4. The summed E-state index contributed by atoms with van der Waals surface area (Å²) in [5.74, 6) is 0.685. The summed E-state index contributed by atoms with van der Waals surface area (Å²) in [6, 6.07) is 2.33. The molecule has 4 nitrogen and oxygen atoms in total. The Morgan fingerprint density at radius 2 is 2.05 bits per heavy atom. The maximum atomic E-state index is 4.77. The first kappa shape index (κ1) is 15.1. The molecule has 2 aromatic heterocycles. The number of rotatable bonds is 2. The molecule has 1 aliphatic carbocycles. The van der Waals surface area contributed by atoms with E-state index in [4.69, 9.17) is 4.98 Å². The lowest BCUT2D eigenvalue weighted by molar-refractivity contribution is 0.532. The minimum Gasteiger partial charge on any atom is -0.313 e. The van der Waals surface area contributed by atoms with Crippen molar-refractivity contribution in [3.05, 3.63) is 38.7 Å². The average Bonchev–Trinajstić information content (AvgIpc) is 2.68. The van der Waals surface area contributed by atoms with Gasteiger partial charge in [0.05, 0.1) is 0 Å². The number of nitrogens with one attached hydrogen (secondary N) is 1. The molecule has 0 aliphatic heterocycles. The average molecular weight is 412 g/mol. The van der Waals surface area contributed by atoms with Gasteiger partial charge in [0.25, 0.3) is 0 Å². The molecule has 1 N–H and O–H groups in total. The number of hydrogen-bond donors (Lipinski definition) is 1. The van der Waals surface area contributed by atoms with E-state index in [1.54, 1.807) is 6.20 Å². The van der Waals surface area contributed by atoms with Crippen molar-refractivity contribution in [3.63, 3.8) is 0 Å². The molecule has 110 valence electrons. The Labute approximate surface area is 141 Å². The molecule has 1 aliphatic rings. The molecule has 0 fully saturated rings. The third-order valence-corrected chi connectivity index (χ3v) is 4.84. The minimum absolute atomic E-state index is 0.359. The molecule has 21 heavy (non-hydrogen) atoms. The summed E-state index contributed by atoms with van der Waals surface area (Å²) in [5.41, 5.74) is 3.16. The Morgan fingerprint density at radius 3 is 2.81 bits per heavy atom. The van der Waals surface area contributed by atoms with Crippen LogP contribution in [0.4, 0.5) is 0 Å². The fourth-order valence-electron chi connectivity index (χ4n) is 2.71. The number of pyridine rings is 1. The van der Waals surface area contributed by atoms with E-state index >= 15 is 0 Å². The van der Waals surface area contributed by atoms with E-state index in [9.17, 15) is 0 Å². The molecule has 1 unspecified atom stereocenters. The van der Waals surface area contributed by atoms with Gasteiger partial charge in [0.1, 0.15) is 5.69 Å². The molecule has 0 bridgehead atoms. The molecule has 2 heterocycles. The zero-order chi connectivity index (χ0) is 14.8. The van der Waals surface area contributed by atoms with Gasteiger partial charge in [-0.2, -0.15) is 0 Å². The van der Waals surface area contributed by atoms with Crippen LogP contribution in [0.2, 0.25) is 0 Å². The zero-order valence-corrected chi connectivity index (χ0v) is 14.9. The number of aryl methyl sites for hydroxylation is 1. The monoisotopic (exact) mass is 410 g/mol. The topological polar surface area (TPSA) is 50.7 Å². The van der Waals surface area contributed by atoms with E-state index in [0.717, 1.165) is 33.2 Å². The van der Waals surface area contributed by atoms with Crippen LogP contribution in [-0.4, -0.2) is 22.0 Å². The highest BCUT2D eigenvalue weighted by Crippen LogP contribution is 2.30. The van der Waals surface area contributed by atoms with Crippen LogP contribution in [0.1, 0.15) is 36.6 Å². The predicted octanol–water partition coefficient (Wildman–Crippen LogP) is 4.05. The summed E-state index contributed by atoms with van der Waals surface area (Å²) in [6.07, 6.45) is 8.28. The van der Waals surface area contributed by atoms with Crippen LogP contribution in [0.5, 0.6) is 0 Å². The van der Waals surface area contributed by atoms with E-state index in [-0.39, 0.29) is 0 Å². The Kier molecular flexibility index (Phi) is 4.66. The van der Waals surface area contributed by atoms with Gasteiger partial charge in [-0.25, -0.2) is 9.97 Å². The zero-order valence-electron chi connectivity index (χ0n) is 11.7. The van der Waals surface area contributed by atoms with Crippen LogP contribution in [0, 0.1) is 0 Å². The fraction of sp³-hybridized carbons (Fsp3) is 0.400. The number of fused-ring (bicyclic) bond motifs is 1. The van der Waals surface area contributed by atoms with Crippen molar-refractivity contribution in [2.75, 3.05) is 7.05 Å². The number of halogens is 2. The normalized spacial score (nSPS) is 18.1. The highest BCUT2D eigenvalue weighted by molar-refractivity contribution is 9.11. The van der Waals surface area contributed by atoms with E-state index in [1.165, 1.54) is 18.4 Å². The van der Waals surface area contributed by atoms with Gasteiger partial charge in [-0.3, -0.25) is 4.98 Å². The summed E-state index contributed by atoms with van der Waals surface area (Å²) in [4.78, 5) is 13.7. The molecule has 0 spiro atoms. The van der Waals surface area contributed by atoms with Gasteiger partial charge >= 0.3 is 0 Å². The quantitative estimate of drug-likeness (QED) is 0.757.